The van der Waals surface area contributed by atoms with E-state index >= 15 is 0 Å². The third kappa shape index (κ3) is 3.90. The molecule has 0 fully saturated rings. The van der Waals surface area contributed by atoms with Gasteiger partial charge in [0.15, 0.2) is 23.3 Å². The van der Waals surface area contributed by atoms with Crippen LogP contribution in [0.4, 0.5) is 22.0 Å². The van der Waals surface area contributed by atoms with Crippen molar-refractivity contribution in [1.82, 2.24) is 0 Å². The summed E-state index contributed by atoms with van der Waals surface area (Å²) in [4.78, 5) is 10.4. The molecule has 2 aromatic rings. The molecule has 0 aliphatic rings. The summed E-state index contributed by atoms with van der Waals surface area (Å²) < 4.78 is 71.6. The molecule has 0 atom stereocenters. The fourth-order valence-electron chi connectivity index (χ4n) is 1.76. The Labute approximate surface area is 142 Å². The van der Waals surface area contributed by atoms with Crippen molar-refractivity contribution >= 4 is 17.8 Å². The van der Waals surface area contributed by atoms with E-state index in [1.807, 2.05) is 0 Å². The molecule has 2 rings (SSSR count). The highest BCUT2D eigenvalue weighted by molar-refractivity contribution is 8.03. The fourth-order valence-corrected chi connectivity index (χ4v) is 2.52. The zero-order chi connectivity index (χ0) is 18.7. The maximum absolute atomic E-state index is 13.6. The second kappa shape index (κ2) is 7.51. The molecule has 0 bridgehead atoms. The minimum Gasteiger partial charge on any atom is -0.497 e. The lowest BCUT2D eigenvalue weighted by molar-refractivity contribution is -0.408. The van der Waals surface area contributed by atoms with Gasteiger partial charge in [-0.05, 0) is 36.0 Å². The zero-order valence-electron chi connectivity index (χ0n) is 12.4. The standard InChI is InChI=1S/C15H8F5NO3S/c1-24-7-2-4-8(5-3-7)25-10(21(22)23)6-9-11(16)13(18)15(20)14(19)12(9)17/h2-6H,1H3. The minimum absolute atomic E-state index is 0.297. The van der Waals surface area contributed by atoms with Gasteiger partial charge in [0.05, 0.1) is 17.6 Å². The van der Waals surface area contributed by atoms with E-state index in [0.717, 1.165) is 0 Å². The topological polar surface area (TPSA) is 52.4 Å². The molecule has 2 aromatic carbocycles. The predicted molar refractivity (Wildman–Crippen MR) is 80.1 cm³/mol. The van der Waals surface area contributed by atoms with Crippen LogP contribution in [0.2, 0.25) is 0 Å². The molecule has 0 aliphatic carbocycles. The Morgan fingerprint density at radius 2 is 1.48 bits per heavy atom. The van der Waals surface area contributed by atoms with E-state index in [9.17, 15) is 32.1 Å². The highest BCUT2D eigenvalue weighted by Crippen LogP contribution is 2.32. The van der Waals surface area contributed by atoms with Gasteiger partial charge in [-0.25, -0.2) is 22.0 Å². The van der Waals surface area contributed by atoms with Crippen LogP contribution in [0.1, 0.15) is 5.56 Å². The van der Waals surface area contributed by atoms with Crippen LogP contribution in [-0.2, 0) is 0 Å². The second-order valence-corrected chi connectivity index (χ2v) is 5.59. The Morgan fingerprint density at radius 3 is 1.92 bits per heavy atom. The van der Waals surface area contributed by atoms with Crippen LogP contribution in [-0.4, -0.2) is 12.0 Å². The number of halogens is 5. The highest BCUT2D eigenvalue weighted by Gasteiger charge is 2.27. The van der Waals surface area contributed by atoms with Gasteiger partial charge in [0.2, 0.25) is 5.82 Å². The van der Waals surface area contributed by atoms with Crippen molar-refractivity contribution < 1.29 is 31.6 Å². The molecule has 25 heavy (non-hydrogen) atoms. The highest BCUT2D eigenvalue weighted by atomic mass is 32.2. The minimum atomic E-state index is -2.34. The predicted octanol–water partition coefficient (Wildman–Crippen LogP) is 4.76. The fraction of sp³-hybridized carbons (Fsp3) is 0.0667. The molecule has 0 aliphatic heterocycles. The lowest BCUT2D eigenvalue weighted by Gasteiger charge is -2.05. The molecule has 0 amide bonds. The molecule has 0 saturated carbocycles. The summed E-state index contributed by atoms with van der Waals surface area (Å²) in [5, 5.41) is 10.3. The molecule has 0 aromatic heterocycles. The van der Waals surface area contributed by atoms with Crippen LogP contribution in [0.5, 0.6) is 5.75 Å². The maximum atomic E-state index is 13.6. The van der Waals surface area contributed by atoms with Crippen molar-refractivity contribution in [1.29, 1.82) is 0 Å². The van der Waals surface area contributed by atoms with Crippen molar-refractivity contribution in [3.8, 4) is 5.75 Å². The van der Waals surface area contributed by atoms with Gasteiger partial charge >= 0.3 is 5.03 Å². The number of rotatable bonds is 5. The van der Waals surface area contributed by atoms with Crippen LogP contribution in [0.15, 0.2) is 34.2 Å². The first-order valence-corrected chi connectivity index (χ1v) is 7.27. The first-order chi connectivity index (χ1) is 11.8. The Hall–Kier alpha value is -2.62. The van der Waals surface area contributed by atoms with Crippen molar-refractivity contribution in [3.63, 3.8) is 0 Å². The van der Waals surface area contributed by atoms with Crippen molar-refractivity contribution in [3.05, 3.63) is 74.1 Å². The van der Waals surface area contributed by atoms with Crippen LogP contribution in [0, 0.1) is 39.2 Å². The lowest BCUT2D eigenvalue weighted by Crippen LogP contribution is -2.05. The Balaban J connectivity index is 2.49. The van der Waals surface area contributed by atoms with Crippen LogP contribution in [0.3, 0.4) is 0 Å². The van der Waals surface area contributed by atoms with Crippen LogP contribution in [0.25, 0.3) is 6.08 Å². The number of methoxy groups -OCH3 is 1. The molecule has 0 unspecified atom stereocenters. The molecular formula is C15H8F5NO3S. The van der Waals surface area contributed by atoms with E-state index in [1.165, 1.54) is 31.4 Å². The van der Waals surface area contributed by atoms with Crippen molar-refractivity contribution in [2.75, 3.05) is 7.11 Å². The number of benzene rings is 2. The van der Waals surface area contributed by atoms with Gasteiger partial charge in [-0.2, -0.15) is 0 Å². The molecule has 132 valence electrons. The molecular weight excluding hydrogens is 369 g/mol. The zero-order valence-corrected chi connectivity index (χ0v) is 13.2. The monoisotopic (exact) mass is 377 g/mol. The molecule has 0 saturated heterocycles. The van der Waals surface area contributed by atoms with Crippen LogP contribution >= 0.6 is 11.8 Å². The Morgan fingerprint density at radius 1 is 1.00 bits per heavy atom. The van der Waals surface area contributed by atoms with E-state index in [-0.39, 0.29) is 0 Å². The molecule has 0 radical (unpaired) electrons. The van der Waals surface area contributed by atoms with Gasteiger partial charge in [0.25, 0.3) is 0 Å². The van der Waals surface area contributed by atoms with Crippen molar-refractivity contribution in [2.45, 2.75) is 4.90 Å². The van der Waals surface area contributed by atoms with Gasteiger partial charge in [-0.3, -0.25) is 10.1 Å². The largest absolute Gasteiger partial charge is 0.497 e. The van der Waals surface area contributed by atoms with Crippen molar-refractivity contribution in [2.24, 2.45) is 0 Å². The first-order valence-electron chi connectivity index (χ1n) is 6.45. The first kappa shape index (κ1) is 18.7. The molecule has 0 heterocycles. The molecule has 0 spiro atoms. The maximum Gasteiger partial charge on any atom is 0.308 e. The quantitative estimate of drug-likeness (QED) is 0.188. The normalized spacial score (nSPS) is 11.5. The Kier molecular flexibility index (Phi) is 5.62. The number of hydrogen-bond donors (Lipinski definition) is 0. The second-order valence-electron chi connectivity index (χ2n) is 4.50. The Bertz CT molecular complexity index is 826. The number of ether oxygens (including phenoxy) is 1. The molecule has 0 N–H and O–H groups in total. The van der Waals surface area contributed by atoms with Gasteiger partial charge < -0.3 is 4.74 Å². The van der Waals surface area contributed by atoms with Crippen LogP contribution < -0.4 is 4.74 Å². The lowest BCUT2D eigenvalue weighted by atomic mass is 10.1. The van der Waals surface area contributed by atoms with E-state index in [1.54, 1.807) is 0 Å². The summed E-state index contributed by atoms with van der Waals surface area (Å²) in [6.07, 6.45) is 0.297. The number of thioether (sulfide) groups is 1. The third-order valence-corrected chi connectivity index (χ3v) is 3.96. The summed E-state index contributed by atoms with van der Waals surface area (Å²) >= 11 is 0.479. The summed E-state index contributed by atoms with van der Waals surface area (Å²) in [5.41, 5.74) is -1.39. The summed E-state index contributed by atoms with van der Waals surface area (Å²) in [6.45, 7) is 0. The van der Waals surface area contributed by atoms with E-state index in [2.05, 4.69) is 0 Å². The summed E-state index contributed by atoms with van der Waals surface area (Å²) in [7, 11) is 1.41. The number of nitrogens with zero attached hydrogens (tertiary/aromatic N) is 1. The average molecular weight is 377 g/mol. The SMILES string of the molecule is COc1ccc(SC(=Cc2c(F)c(F)c(F)c(F)c2F)[N+](=O)[O-])cc1. The van der Waals surface area contributed by atoms with Gasteiger partial charge in [0, 0.05) is 11.0 Å². The molecule has 10 heteroatoms. The van der Waals surface area contributed by atoms with E-state index < -0.39 is 44.6 Å². The van der Waals surface area contributed by atoms with Gasteiger partial charge in [-0.15, -0.1) is 0 Å². The summed E-state index contributed by atoms with van der Waals surface area (Å²) in [6, 6.07) is 5.83. The van der Waals surface area contributed by atoms with E-state index in [0.29, 0.717) is 28.5 Å². The smallest absolute Gasteiger partial charge is 0.308 e. The average Bonchev–Trinajstić information content (AvgIpc) is 2.61. The third-order valence-electron chi connectivity index (χ3n) is 2.97. The van der Waals surface area contributed by atoms with E-state index in [4.69, 9.17) is 4.74 Å². The van der Waals surface area contributed by atoms with Gasteiger partial charge in [-0.1, -0.05) is 0 Å². The number of hydrogen-bond acceptors (Lipinski definition) is 4. The summed E-state index contributed by atoms with van der Waals surface area (Å²) in [5.74, 6) is -10.5. The van der Waals surface area contributed by atoms with Gasteiger partial charge in [0.1, 0.15) is 5.75 Å². The number of nitro groups is 1. The molecule has 4 nitrogen and oxygen atoms in total.